The molecule has 0 aromatic carbocycles. The molecule has 8 heteroatoms. The lowest BCUT2D eigenvalue weighted by Crippen LogP contribution is -2.38. The van der Waals surface area contributed by atoms with Crippen molar-refractivity contribution < 1.29 is 28.8 Å². The van der Waals surface area contributed by atoms with Crippen LogP contribution in [0.25, 0.3) is 0 Å². The Bertz CT molecular complexity index is 430. The third kappa shape index (κ3) is 2.05. The van der Waals surface area contributed by atoms with Gasteiger partial charge in [-0.3, -0.25) is 28.8 Å². The van der Waals surface area contributed by atoms with Crippen molar-refractivity contribution >= 4 is 56.9 Å². The molecule has 2 heterocycles. The summed E-state index contributed by atoms with van der Waals surface area (Å²) in [4.78, 5) is 68.7. The van der Waals surface area contributed by atoms with Crippen molar-refractivity contribution in [3.8, 4) is 0 Å². The van der Waals surface area contributed by atoms with Crippen LogP contribution >= 0.6 is 23.5 Å². The standard InChI is InChI=1S/C10H6O6S2/c11-3-1-17-9(15)5(3)7(13)8(14)6-4(12)2-18-10(6)16/h5-6H,1-2H2. The molecule has 18 heavy (non-hydrogen) atoms. The van der Waals surface area contributed by atoms with Crippen molar-refractivity contribution in [2.45, 2.75) is 0 Å². The molecule has 0 aromatic rings. The lowest BCUT2D eigenvalue weighted by molar-refractivity contribution is -0.148. The Morgan fingerprint density at radius 3 is 1.33 bits per heavy atom. The van der Waals surface area contributed by atoms with E-state index in [1.165, 1.54) is 0 Å². The first-order valence-corrected chi connectivity index (χ1v) is 6.87. The van der Waals surface area contributed by atoms with Crippen LogP contribution in [-0.2, 0) is 28.8 Å². The SMILES string of the molecule is O=C1CSC(=O)C1C(=O)C(=O)C1C(=O)CSC1=O. The Morgan fingerprint density at radius 2 is 1.11 bits per heavy atom. The summed E-state index contributed by atoms with van der Waals surface area (Å²) >= 11 is 1.33. The first kappa shape index (κ1) is 13.2. The van der Waals surface area contributed by atoms with Gasteiger partial charge in [0.05, 0.1) is 11.5 Å². The number of ketones is 4. The predicted octanol–water partition coefficient (Wildman–Crippen LogP) is -0.958. The molecule has 2 atom stereocenters. The van der Waals surface area contributed by atoms with Gasteiger partial charge >= 0.3 is 0 Å². The Kier molecular flexibility index (Phi) is 3.49. The molecular formula is C10H6O6S2. The second-order valence-corrected chi connectivity index (χ2v) is 5.70. The summed E-state index contributed by atoms with van der Waals surface area (Å²) in [5, 5.41) is -1.38. The van der Waals surface area contributed by atoms with Crippen molar-refractivity contribution in [3.05, 3.63) is 0 Å². The number of hydrogen-bond donors (Lipinski definition) is 0. The van der Waals surface area contributed by atoms with Crippen LogP contribution in [0.1, 0.15) is 0 Å². The van der Waals surface area contributed by atoms with E-state index in [1.807, 2.05) is 0 Å². The fourth-order valence-electron chi connectivity index (χ4n) is 1.67. The second-order valence-electron chi connectivity index (χ2n) is 3.74. The maximum atomic E-state index is 11.7. The first-order chi connectivity index (χ1) is 8.43. The van der Waals surface area contributed by atoms with Gasteiger partial charge in [0, 0.05) is 0 Å². The summed E-state index contributed by atoms with van der Waals surface area (Å²) in [6, 6.07) is 0. The summed E-state index contributed by atoms with van der Waals surface area (Å²) in [6.45, 7) is 0. The van der Waals surface area contributed by atoms with Crippen LogP contribution in [0.15, 0.2) is 0 Å². The van der Waals surface area contributed by atoms with Gasteiger partial charge in [0.15, 0.2) is 23.4 Å². The van der Waals surface area contributed by atoms with Crippen LogP contribution < -0.4 is 0 Å². The molecule has 94 valence electrons. The zero-order valence-corrected chi connectivity index (χ0v) is 10.5. The van der Waals surface area contributed by atoms with Crippen LogP contribution in [-0.4, -0.2) is 44.9 Å². The van der Waals surface area contributed by atoms with Gasteiger partial charge in [-0.2, -0.15) is 0 Å². The molecule has 0 aromatic heterocycles. The molecule has 6 nitrogen and oxygen atoms in total. The van der Waals surface area contributed by atoms with Crippen molar-refractivity contribution in [3.63, 3.8) is 0 Å². The molecule has 0 N–H and O–H groups in total. The number of Topliss-reactive ketones (excluding diaryl/α,β-unsaturated/α-hetero) is 4. The van der Waals surface area contributed by atoms with Gasteiger partial charge in [-0.25, -0.2) is 0 Å². The molecule has 2 rings (SSSR count). The normalized spacial score (nSPS) is 28.0. The molecule has 2 aliphatic heterocycles. The fraction of sp³-hybridized carbons (Fsp3) is 0.400. The van der Waals surface area contributed by atoms with Gasteiger partial charge in [0.2, 0.25) is 21.8 Å². The topological polar surface area (TPSA) is 102 Å². The molecule has 0 bridgehead atoms. The van der Waals surface area contributed by atoms with E-state index >= 15 is 0 Å². The number of carbonyl (C=O) groups is 6. The number of rotatable bonds is 3. The van der Waals surface area contributed by atoms with E-state index in [0.29, 0.717) is 23.5 Å². The van der Waals surface area contributed by atoms with E-state index in [9.17, 15) is 28.8 Å². The van der Waals surface area contributed by atoms with Crippen LogP contribution in [0.5, 0.6) is 0 Å². The molecule has 2 aliphatic rings. The Balaban J connectivity index is 2.21. The van der Waals surface area contributed by atoms with E-state index in [0.717, 1.165) is 0 Å². The highest BCUT2D eigenvalue weighted by atomic mass is 32.2. The smallest absolute Gasteiger partial charge is 0.218 e. The molecule has 0 saturated carbocycles. The van der Waals surface area contributed by atoms with E-state index in [1.54, 1.807) is 0 Å². The maximum Gasteiger partial charge on any atom is 0.218 e. The van der Waals surface area contributed by atoms with Crippen LogP contribution in [0.4, 0.5) is 0 Å². The van der Waals surface area contributed by atoms with E-state index < -0.39 is 45.2 Å². The Hall–Kier alpha value is -1.28. The van der Waals surface area contributed by atoms with Gasteiger partial charge in [-0.15, -0.1) is 0 Å². The number of thioether (sulfide) groups is 2. The van der Waals surface area contributed by atoms with Gasteiger partial charge in [-0.1, -0.05) is 23.5 Å². The zero-order chi connectivity index (χ0) is 13.4. The van der Waals surface area contributed by atoms with Crippen LogP contribution in [0.3, 0.4) is 0 Å². The molecule has 2 unspecified atom stereocenters. The van der Waals surface area contributed by atoms with E-state index in [2.05, 4.69) is 0 Å². The quantitative estimate of drug-likeness (QED) is 0.483. The van der Waals surface area contributed by atoms with Crippen molar-refractivity contribution in [2.24, 2.45) is 11.8 Å². The monoisotopic (exact) mass is 286 g/mol. The average molecular weight is 286 g/mol. The minimum absolute atomic E-state index is 0.149. The average Bonchev–Trinajstić information content (AvgIpc) is 2.81. The second kappa shape index (κ2) is 4.77. The van der Waals surface area contributed by atoms with Crippen LogP contribution in [0, 0.1) is 11.8 Å². The van der Waals surface area contributed by atoms with Crippen LogP contribution in [0.2, 0.25) is 0 Å². The van der Waals surface area contributed by atoms with Crippen molar-refractivity contribution in [1.82, 2.24) is 0 Å². The van der Waals surface area contributed by atoms with Gasteiger partial charge in [0.1, 0.15) is 0 Å². The lowest BCUT2D eigenvalue weighted by atomic mass is 9.90. The summed E-state index contributed by atoms with van der Waals surface area (Å²) in [5.74, 6) is -7.31. The Morgan fingerprint density at radius 1 is 0.778 bits per heavy atom. The van der Waals surface area contributed by atoms with Gasteiger partial charge in [0.25, 0.3) is 0 Å². The highest BCUT2D eigenvalue weighted by Gasteiger charge is 2.49. The van der Waals surface area contributed by atoms with Gasteiger partial charge in [-0.05, 0) is 0 Å². The third-order valence-corrected chi connectivity index (χ3v) is 4.49. The highest BCUT2D eigenvalue weighted by molar-refractivity contribution is 8.15. The number of hydrogen-bond acceptors (Lipinski definition) is 8. The molecule has 0 radical (unpaired) electrons. The molecular weight excluding hydrogens is 280 g/mol. The van der Waals surface area contributed by atoms with E-state index in [-0.39, 0.29) is 11.5 Å². The molecule has 2 fully saturated rings. The summed E-state index contributed by atoms with van der Waals surface area (Å²) in [5.41, 5.74) is 0. The molecule has 0 amide bonds. The summed E-state index contributed by atoms with van der Waals surface area (Å²) in [6.07, 6.45) is 0. The zero-order valence-electron chi connectivity index (χ0n) is 8.83. The van der Waals surface area contributed by atoms with Crippen molar-refractivity contribution in [2.75, 3.05) is 11.5 Å². The van der Waals surface area contributed by atoms with Gasteiger partial charge < -0.3 is 0 Å². The third-order valence-electron chi connectivity index (χ3n) is 2.60. The molecule has 0 spiro atoms. The lowest BCUT2D eigenvalue weighted by Gasteiger charge is -2.06. The van der Waals surface area contributed by atoms with E-state index in [4.69, 9.17) is 0 Å². The molecule has 0 aliphatic carbocycles. The van der Waals surface area contributed by atoms with Crippen molar-refractivity contribution in [1.29, 1.82) is 0 Å². The fourth-order valence-corrected chi connectivity index (χ4v) is 3.38. The minimum atomic E-state index is -1.63. The number of carbonyl (C=O) groups excluding carboxylic acids is 6. The summed E-state index contributed by atoms with van der Waals surface area (Å²) < 4.78 is 0. The molecule has 2 saturated heterocycles. The first-order valence-electron chi connectivity index (χ1n) is 4.90. The largest absolute Gasteiger partial charge is 0.297 e. The predicted molar refractivity (Wildman–Crippen MR) is 61.9 cm³/mol. The maximum absolute atomic E-state index is 11.7. The minimum Gasteiger partial charge on any atom is -0.297 e. The summed E-state index contributed by atoms with van der Waals surface area (Å²) in [7, 11) is 0. The Labute approximate surface area is 109 Å². The highest BCUT2D eigenvalue weighted by Crippen LogP contribution is 2.28.